The molecule has 5 heteroatoms. The normalized spacial score (nSPS) is 14.8. The Morgan fingerprint density at radius 2 is 2.28 bits per heavy atom. The van der Waals surface area contributed by atoms with Crippen LogP contribution in [-0.2, 0) is 0 Å². The number of halogens is 1. The van der Waals surface area contributed by atoms with Gasteiger partial charge in [-0.1, -0.05) is 11.6 Å². The van der Waals surface area contributed by atoms with E-state index >= 15 is 0 Å². The molecule has 1 aliphatic rings. The first-order valence-electron chi connectivity index (χ1n) is 6.05. The molecule has 2 rings (SSSR count). The maximum atomic E-state index is 7.49. The van der Waals surface area contributed by atoms with E-state index in [2.05, 4.69) is 11.9 Å². The summed E-state index contributed by atoms with van der Waals surface area (Å²) in [5.74, 6) is 0.580. The van der Waals surface area contributed by atoms with Crippen molar-refractivity contribution >= 4 is 17.4 Å². The molecule has 1 aromatic carbocycles. The summed E-state index contributed by atoms with van der Waals surface area (Å²) in [5.41, 5.74) is 6.10. The summed E-state index contributed by atoms with van der Waals surface area (Å²) in [6.45, 7) is 1.45. The van der Waals surface area contributed by atoms with Crippen LogP contribution < -0.4 is 10.5 Å². The van der Waals surface area contributed by atoms with E-state index in [4.69, 9.17) is 27.5 Å². The zero-order chi connectivity index (χ0) is 13.1. The number of nitrogen functional groups attached to an aromatic ring is 1. The van der Waals surface area contributed by atoms with Gasteiger partial charge < -0.3 is 15.4 Å². The maximum Gasteiger partial charge on any atom is 0.131 e. The summed E-state index contributed by atoms with van der Waals surface area (Å²) >= 11 is 5.92. The molecule has 0 atom stereocenters. The third-order valence-corrected chi connectivity index (χ3v) is 3.34. The average Bonchev–Trinajstić information content (AvgIpc) is 3.12. The third kappa shape index (κ3) is 3.37. The second-order valence-corrected chi connectivity index (χ2v) is 5.05. The van der Waals surface area contributed by atoms with Crippen molar-refractivity contribution in [1.82, 2.24) is 4.90 Å². The lowest BCUT2D eigenvalue weighted by atomic mass is 10.2. The van der Waals surface area contributed by atoms with Gasteiger partial charge in [-0.05, 0) is 38.1 Å². The lowest BCUT2D eigenvalue weighted by Crippen LogP contribution is -2.26. The van der Waals surface area contributed by atoms with E-state index < -0.39 is 0 Å². The third-order valence-electron chi connectivity index (χ3n) is 3.11. The summed E-state index contributed by atoms with van der Waals surface area (Å²) in [7, 11) is 2.10. The quantitative estimate of drug-likeness (QED) is 0.613. The lowest BCUT2D eigenvalue weighted by molar-refractivity contribution is 0.231. The topological polar surface area (TPSA) is 62.3 Å². The zero-order valence-electron chi connectivity index (χ0n) is 10.4. The predicted molar refractivity (Wildman–Crippen MR) is 73.6 cm³/mol. The average molecular weight is 268 g/mol. The molecule has 0 unspecified atom stereocenters. The van der Waals surface area contributed by atoms with Gasteiger partial charge in [-0.3, -0.25) is 5.41 Å². The van der Waals surface area contributed by atoms with Crippen LogP contribution in [-0.4, -0.2) is 37.0 Å². The van der Waals surface area contributed by atoms with Crippen molar-refractivity contribution in [2.24, 2.45) is 5.73 Å². The van der Waals surface area contributed by atoms with E-state index in [1.807, 2.05) is 0 Å². The van der Waals surface area contributed by atoms with Gasteiger partial charge in [-0.25, -0.2) is 0 Å². The van der Waals surface area contributed by atoms with Crippen LogP contribution in [0.5, 0.6) is 5.75 Å². The van der Waals surface area contributed by atoms with Crippen LogP contribution in [0.15, 0.2) is 18.2 Å². The number of nitrogens with one attached hydrogen (secondary N) is 1. The van der Waals surface area contributed by atoms with Crippen LogP contribution in [0.25, 0.3) is 0 Å². The smallest absolute Gasteiger partial charge is 0.131 e. The summed E-state index contributed by atoms with van der Waals surface area (Å²) in [4.78, 5) is 2.29. The highest BCUT2D eigenvalue weighted by Crippen LogP contribution is 2.26. The Bertz CT molecular complexity index is 446. The van der Waals surface area contributed by atoms with Gasteiger partial charge in [0.05, 0.1) is 5.56 Å². The van der Waals surface area contributed by atoms with Crippen molar-refractivity contribution in [2.45, 2.75) is 18.9 Å². The van der Waals surface area contributed by atoms with Gasteiger partial charge in [0.25, 0.3) is 0 Å². The molecule has 3 N–H and O–H groups in total. The van der Waals surface area contributed by atoms with E-state index in [-0.39, 0.29) is 5.84 Å². The van der Waals surface area contributed by atoms with Crippen molar-refractivity contribution in [3.05, 3.63) is 28.8 Å². The number of hydrogen-bond acceptors (Lipinski definition) is 3. The molecule has 1 aliphatic carbocycles. The first-order valence-corrected chi connectivity index (χ1v) is 6.42. The fourth-order valence-corrected chi connectivity index (χ4v) is 2.00. The Hall–Kier alpha value is -1.26. The largest absolute Gasteiger partial charge is 0.491 e. The molecule has 0 heterocycles. The van der Waals surface area contributed by atoms with Crippen molar-refractivity contribution in [3.8, 4) is 5.75 Å². The first-order chi connectivity index (χ1) is 8.58. The second-order valence-electron chi connectivity index (χ2n) is 4.61. The maximum absolute atomic E-state index is 7.49. The highest BCUT2D eigenvalue weighted by Gasteiger charge is 2.25. The Morgan fingerprint density at radius 3 is 2.89 bits per heavy atom. The van der Waals surface area contributed by atoms with E-state index in [0.717, 1.165) is 12.6 Å². The molecule has 0 spiro atoms. The molecule has 18 heavy (non-hydrogen) atoms. The van der Waals surface area contributed by atoms with Gasteiger partial charge >= 0.3 is 0 Å². The molecule has 0 radical (unpaired) electrons. The van der Waals surface area contributed by atoms with Crippen LogP contribution in [0.2, 0.25) is 5.02 Å². The predicted octanol–water partition coefficient (Wildman–Crippen LogP) is 2.10. The number of benzene rings is 1. The highest BCUT2D eigenvalue weighted by molar-refractivity contribution is 6.30. The van der Waals surface area contributed by atoms with Crippen LogP contribution in [0.4, 0.5) is 0 Å². The van der Waals surface area contributed by atoms with Gasteiger partial charge in [0.2, 0.25) is 0 Å². The minimum absolute atomic E-state index is 0.00258. The number of amidine groups is 1. The van der Waals surface area contributed by atoms with Crippen molar-refractivity contribution in [3.63, 3.8) is 0 Å². The monoisotopic (exact) mass is 267 g/mol. The molecule has 0 amide bonds. The fourth-order valence-electron chi connectivity index (χ4n) is 1.84. The molecule has 98 valence electrons. The molecule has 4 nitrogen and oxygen atoms in total. The molecule has 1 saturated carbocycles. The van der Waals surface area contributed by atoms with Crippen LogP contribution in [0, 0.1) is 5.41 Å². The number of rotatable bonds is 6. The van der Waals surface area contributed by atoms with E-state index in [1.165, 1.54) is 12.8 Å². The van der Waals surface area contributed by atoms with E-state index in [1.54, 1.807) is 18.2 Å². The van der Waals surface area contributed by atoms with Crippen LogP contribution in [0.1, 0.15) is 18.4 Å². The van der Waals surface area contributed by atoms with Crippen molar-refractivity contribution in [2.75, 3.05) is 20.2 Å². The van der Waals surface area contributed by atoms with E-state index in [0.29, 0.717) is 22.9 Å². The Kier molecular flexibility index (Phi) is 4.09. The molecule has 0 saturated heterocycles. The second kappa shape index (κ2) is 5.59. The number of nitrogens with zero attached hydrogens (tertiary/aromatic N) is 1. The number of likely N-dealkylation sites (N-methyl/N-ethyl adjacent to an activating group) is 1. The van der Waals surface area contributed by atoms with Gasteiger partial charge in [-0.15, -0.1) is 0 Å². The SMILES string of the molecule is CN(CCOc1cc(Cl)ccc1C(=N)N)C1CC1. The highest BCUT2D eigenvalue weighted by atomic mass is 35.5. The molecule has 1 aromatic rings. The zero-order valence-corrected chi connectivity index (χ0v) is 11.2. The standard InChI is InChI=1S/C13H18ClN3O/c1-17(10-3-4-10)6-7-18-12-8-9(14)2-5-11(12)13(15)16/h2,5,8,10H,3-4,6-7H2,1H3,(H3,15,16). The Balaban J connectivity index is 1.94. The summed E-state index contributed by atoms with van der Waals surface area (Å²) < 4.78 is 5.68. The molecule has 0 bridgehead atoms. The Morgan fingerprint density at radius 1 is 1.56 bits per heavy atom. The minimum Gasteiger partial charge on any atom is -0.491 e. The molecule has 0 aromatic heterocycles. The van der Waals surface area contributed by atoms with Crippen molar-refractivity contribution in [1.29, 1.82) is 5.41 Å². The number of nitrogens with two attached hydrogens (primary N) is 1. The van der Waals surface area contributed by atoms with Gasteiger partial charge in [0, 0.05) is 17.6 Å². The molecule has 1 fully saturated rings. The lowest BCUT2D eigenvalue weighted by Gasteiger charge is -2.17. The molecular formula is C13H18ClN3O. The summed E-state index contributed by atoms with van der Waals surface area (Å²) in [6.07, 6.45) is 2.57. The van der Waals surface area contributed by atoms with Gasteiger partial charge in [0.1, 0.15) is 18.2 Å². The van der Waals surface area contributed by atoms with Crippen molar-refractivity contribution < 1.29 is 4.74 Å². The molecular weight excluding hydrogens is 250 g/mol. The van der Waals surface area contributed by atoms with Crippen LogP contribution in [0.3, 0.4) is 0 Å². The number of hydrogen-bond donors (Lipinski definition) is 2. The van der Waals surface area contributed by atoms with Gasteiger partial charge in [-0.2, -0.15) is 0 Å². The Labute approximate surface area is 112 Å². The van der Waals surface area contributed by atoms with Gasteiger partial charge in [0.15, 0.2) is 0 Å². The molecule has 0 aliphatic heterocycles. The summed E-state index contributed by atoms with van der Waals surface area (Å²) in [6, 6.07) is 5.85. The number of ether oxygens (including phenoxy) is 1. The van der Waals surface area contributed by atoms with Crippen LogP contribution >= 0.6 is 11.6 Å². The summed E-state index contributed by atoms with van der Waals surface area (Å²) in [5, 5.41) is 8.08. The fraction of sp³-hybridized carbons (Fsp3) is 0.462. The van der Waals surface area contributed by atoms with E-state index in [9.17, 15) is 0 Å². The minimum atomic E-state index is -0.00258. The first kappa shape index (κ1) is 13.2.